The fourth-order valence-electron chi connectivity index (χ4n) is 1.59. The molecule has 19 heavy (non-hydrogen) atoms. The molecule has 0 bridgehead atoms. The van der Waals surface area contributed by atoms with Crippen LogP contribution in [-0.2, 0) is 0 Å². The van der Waals surface area contributed by atoms with Crippen LogP contribution in [-0.4, -0.2) is 19.5 Å². The van der Waals surface area contributed by atoms with Crippen LogP contribution in [0.4, 0.5) is 4.39 Å². The predicted octanol–water partition coefficient (Wildman–Crippen LogP) is 3.10. The third-order valence-corrected chi connectivity index (χ3v) is 2.59. The average Bonchev–Trinajstić information content (AvgIpc) is 2.45. The summed E-state index contributed by atoms with van der Waals surface area (Å²) in [5.41, 5.74) is -0.00303. The van der Waals surface area contributed by atoms with Gasteiger partial charge in [-0.15, -0.1) is 0 Å². The van der Waals surface area contributed by atoms with E-state index in [1.165, 1.54) is 19.2 Å². The van der Waals surface area contributed by atoms with Crippen molar-refractivity contribution >= 4 is 5.78 Å². The van der Waals surface area contributed by atoms with Crippen molar-refractivity contribution in [3.63, 3.8) is 0 Å². The molecule has 98 valence electrons. The monoisotopic (exact) mass is 260 g/mol. The van der Waals surface area contributed by atoms with Gasteiger partial charge in [-0.2, -0.15) is 0 Å². The summed E-state index contributed by atoms with van der Waals surface area (Å²) < 4.78 is 23.8. The molecule has 0 radical (unpaired) electrons. The molecule has 0 aromatic heterocycles. The minimum Gasteiger partial charge on any atom is -0.497 e. The molecule has 2 aromatic rings. The van der Waals surface area contributed by atoms with Crippen LogP contribution in [0.5, 0.6) is 11.5 Å². The zero-order chi connectivity index (χ0) is 13.7. The first-order valence-electron chi connectivity index (χ1n) is 5.75. The van der Waals surface area contributed by atoms with Gasteiger partial charge in [-0.3, -0.25) is 4.79 Å². The lowest BCUT2D eigenvalue weighted by atomic mass is 10.1. The number of methoxy groups -OCH3 is 1. The van der Waals surface area contributed by atoms with Crippen LogP contribution in [0.2, 0.25) is 0 Å². The normalized spacial score (nSPS) is 10.0. The molecule has 0 saturated carbocycles. The van der Waals surface area contributed by atoms with Crippen LogP contribution in [0.25, 0.3) is 0 Å². The van der Waals surface area contributed by atoms with E-state index in [0.717, 1.165) is 0 Å². The quantitative estimate of drug-likeness (QED) is 0.775. The third-order valence-electron chi connectivity index (χ3n) is 2.59. The Kier molecular flexibility index (Phi) is 4.13. The van der Waals surface area contributed by atoms with Crippen molar-refractivity contribution < 1.29 is 18.7 Å². The summed E-state index contributed by atoms with van der Waals surface area (Å²) in [5.74, 6) is -0.0761. The van der Waals surface area contributed by atoms with E-state index >= 15 is 0 Å². The zero-order valence-electron chi connectivity index (χ0n) is 10.4. The molecule has 0 heterocycles. The fraction of sp³-hybridized carbons (Fsp3) is 0.133. The molecule has 0 N–H and O–H groups in total. The SMILES string of the molecule is COc1ccc(C(=O)COc2ccccc2)c(F)c1. The molecule has 0 aliphatic rings. The number of hydrogen-bond acceptors (Lipinski definition) is 3. The smallest absolute Gasteiger partial charge is 0.203 e. The number of rotatable bonds is 5. The molecule has 0 aliphatic heterocycles. The van der Waals surface area contributed by atoms with Gasteiger partial charge in [0.15, 0.2) is 6.61 Å². The zero-order valence-corrected chi connectivity index (χ0v) is 10.4. The number of ketones is 1. The molecule has 0 saturated heterocycles. The molecular formula is C15H13FO3. The Morgan fingerprint density at radius 2 is 1.84 bits per heavy atom. The summed E-state index contributed by atoms with van der Waals surface area (Å²) >= 11 is 0. The highest BCUT2D eigenvalue weighted by Gasteiger charge is 2.13. The van der Waals surface area contributed by atoms with Gasteiger partial charge in [0, 0.05) is 6.07 Å². The lowest BCUT2D eigenvalue weighted by Gasteiger charge is -2.07. The minimum absolute atomic E-state index is 0.00303. The second-order valence-corrected chi connectivity index (χ2v) is 3.87. The van der Waals surface area contributed by atoms with Crippen molar-refractivity contribution in [2.24, 2.45) is 0 Å². The fourth-order valence-corrected chi connectivity index (χ4v) is 1.59. The van der Waals surface area contributed by atoms with Gasteiger partial charge in [0.1, 0.15) is 17.3 Å². The highest BCUT2D eigenvalue weighted by molar-refractivity contribution is 5.97. The van der Waals surface area contributed by atoms with Crippen molar-refractivity contribution in [3.05, 3.63) is 59.9 Å². The first-order chi connectivity index (χ1) is 9.20. The summed E-state index contributed by atoms with van der Waals surface area (Å²) in [6.07, 6.45) is 0. The molecule has 2 aromatic carbocycles. The van der Waals surface area contributed by atoms with Gasteiger partial charge >= 0.3 is 0 Å². The predicted molar refractivity (Wildman–Crippen MR) is 69.2 cm³/mol. The molecule has 3 nitrogen and oxygen atoms in total. The van der Waals surface area contributed by atoms with E-state index in [1.807, 2.05) is 6.07 Å². The Balaban J connectivity index is 2.04. The molecular weight excluding hydrogens is 247 g/mol. The van der Waals surface area contributed by atoms with Crippen molar-refractivity contribution in [2.75, 3.05) is 13.7 Å². The van der Waals surface area contributed by atoms with Crippen molar-refractivity contribution in [1.82, 2.24) is 0 Å². The second kappa shape index (κ2) is 6.00. The van der Waals surface area contributed by atoms with Gasteiger partial charge in [-0.1, -0.05) is 18.2 Å². The largest absolute Gasteiger partial charge is 0.497 e. The lowest BCUT2D eigenvalue weighted by Crippen LogP contribution is -2.13. The maximum absolute atomic E-state index is 13.7. The second-order valence-electron chi connectivity index (χ2n) is 3.87. The van der Waals surface area contributed by atoms with E-state index in [4.69, 9.17) is 9.47 Å². The third kappa shape index (κ3) is 3.31. The van der Waals surface area contributed by atoms with Gasteiger partial charge < -0.3 is 9.47 Å². The first kappa shape index (κ1) is 13.1. The summed E-state index contributed by atoms with van der Waals surface area (Å²) in [4.78, 5) is 11.8. The molecule has 4 heteroatoms. The molecule has 0 unspecified atom stereocenters. The van der Waals surface area contributed by atoms with Crippen molar-refractivity contribution in [2.45, 2.75) is 0 Å². The number of halogens is 1. The number of hydrogen-bond donors (Lipinski definition) is 0. The number of carbonyl (C=O) groups excluding carboxylic acids is 1. The minimum atomic E-state index is -0.610. The summed E-state index contributed by atoms with van der Waals surface area (Å²) in [5, 5.41) is 0. The number of para-hydroxylation sites is 1. The van der Waals surface area contributed by atoms with Gasteiger partial charge in [0.05, 0.1) is 12.7 Å². The Bertz CT molecular complexity index is 567. The van der Waals surface area contributed by atoms with Crippen LogP contribution < -0.4 is 9.47 Å². The molecule has 2 rings (SSSR count). The van der Waals surface area contributed by atoms with Crippen LogP contribution in [0.15, 0.2) is 48.5 Å². The van der Waals surface area contributed by atoms with E-state index in [2.05, 4.69) is 0 Å². The molecule has 0 atom stereocenters. The molecule has 0 spiro atoms. The number of Topliss-reactive ketones (excluding diaryl/α,β-unsaturated/α-hetero) is 1. The Labute approximate surface area is 110 Å². The van der Waals surface area contributed by atoms with Crippen LogP contribution >= 0.6 is 0 Å². The molecule has 0 amide bonds. The van der Waals surface area contributed by atoms with Crippen molar-refractivity contribution in [3.8, 4) is 11.5 Å². The van der Waals surface area contributed by atoms with Gasteiger partial charge in [0.2, 0.25) is 5.78 Å². The number of ether oxygens (including phenoxy) is 2. The van der Waals surface area contributed by atoms with Gasteiger partial charge in [-0.05, 0) is 24.3 Å². The Morgan fingerprint density at radius 1 is 1.11 bits per heavy atom. The molecule has 0 fully saturated rings. The summed E-state index contributed by atoms with van der Waals surface area (Å²) in [6, 6.07) is 13.0. The van der Waals surface area contributed by atoms with Crippen LogP contribution in [0.3, 0.4) is 0 Å². The van der Waals surface area contributed by atoms with Crippen LogP contribution in [0, 0.1) is 5.82 Å². The molecule has 0 aliphatic carbocycles. The Hall–Kier alpha value is -2.36. The maximum atomic E-state index is 13.7. The van der Waals surface area contributed by atoms with E-state index in [9.17, 15) is 9.18 Å². The highest BCUT2D eigenvalue weighted by atomic mass is 19.1. The summed E-state index contributed by atoms with van der Waals surface area (Å²) in [6.45, 7) is -0.201. The first-order valence-corrected chi connectivity index (χ1v) is 5.75. The van der Waals surface area contributed by atoms with E-state index in [0.29, 0.717) is 11.5 Å². The Morgan fingerprint density at radius 3 is 2.47 bits per heavy atom. The van der Waals surface area contributed by atoms with E-state index in [-0.39, 0.29) is 12.2 Å². The highest BCUT2D eigenvalue weighted by Crippen LogP contribution is 2.17. The van der Waals surface area contributed by atoms with Crippen LogP contribution in [0.1, 0.15) is 10.4 Å². The van der Waals surface area contributed by atoms with E-state index < -0.39 is 11.6 Å². The number of carbonyl (C=O) groups is 1. The standard InChI is InChI=1S/C15H13FO3/c1-18-12-7-8-13(14(16)9-12)15(17)10-19-11-5-3-2-4-6-11/h2-9H,10H2,1H3. The van der Waals surface area contributed by atoms with Gasteiger partial charge in [-0.25, -0.2) is 4.39 Å². The lowest BCUT2D eigenvalue weighted by molar-refractivity contribution is 0.0917. The summed E-state index contributed by atoms with van der Waals surface area (Å²) in [7, 11) is 1.44. The average molecular weight is 260 g/mol. The van der Waals surface area contributed by atoms with Crippen molar-refractivity contribution in [1.29, 1.82) is 0 Å². The van der Waals surface area contributed by atoms with Gasteiger partial charge in [0.25, 0.3) is 0 Å². The van der Waals surface area contributed by atoms with E-state index in [1.54, 1.807) is 30.3 Å². The number of benzene rings is 2. The maximum Gasteiger partial charge on any atom is 0.203 e. The topological polar surface area (TPSA) is 35.5 Å².